The zero-order valence-corrected chi connectivity index (χ0v) is 13.6. The van der Waals surface area contributed by atoms with Gasteiger partial charge in [-0.25, -0.2) is 0 Å². The summed E-state index contributed by atoms with van der Waals surface area (Å²) in [6.07, 6.45) is 0.594. The van der Waals surface area contributed by atoms with E-state index in [-0.39, 0.29) is 11.8 Å². The minimum absolute atomic E-state index is 0.0801. The zero-order chi connectivity index (χ0) is 16.9. The van der Waals surface area contributed by atoms with Gasteiger partial charge in [-0.3, -0.25) is 9.59 Å². The Morgan fingerprint density at radius 1 is 1.17 bits per heavy atom. The molecule has 2 amide bonds. The molecule has 1 aliphatic rings. The molecule has 1 fully saturated rings. The van der Waals surface area contributed by atoms with Gasteiger partial charge < -0.3 is 15.0 Å². The minimum atomic E-state index is -0.507. The monoisotopic (exact) mass is 324 g/mol. The largest absolute Gasteiger partial charge is 0.493 e. The first-order chi connectivity index (χ1) is 11.7. The van der Waals surface area contributed by atoms with Crippen LogP contribution in [0.25, 0.3) is 0 Å². The summed E-state index contributed by atoms with van der Waals surface area (Å²) < 4.78 is 5.48. The van der Waals surface area contributed by atoms with Gasteiger partial charge in [0, 0.05) is 12.2 Å². The number of amides is 2. The number of para-hydroxylation sites is 2. The molecule has 3 rings (SSSR count). The topological polar surface area (TPSA) is 58.6 Å². The lowest BCUT2D eigenvalue weighted by atomic mass is 10.1. The molecule has 0 unspecified atom stereocenters. The number of anilines is 1. The van der Waals surface area contributed by atoms with Crippen LogP contribution in [0.4, 0.5) is 5.69 Å². The molecule has 1 saturated heterocycles. The first-order valence-corrected chi connectivity index (χ1v) is 8.10. The molecule has 124 valence electrons. The van der Waals surface area contributed by atoms with Crippen molar-refractivity contribution in [2.45, 2.75) is 19.4 Å². The van der Waals surface area contributed by atoms with Crippen LogP contribution < -0.4 is 15.0 Å². The molecule has 0 bridgehead atoms. The van der Waals surface area contributed by atoms with Crippen molar-refractivity contribution in [3.63, 3.8) is 0 Å². The first kappa shape index (κ1) is 16.1. The summed E-state index contributed by atoms with van der Waals surface area (Å²) in [5.74, 6) is 0.165. The molecule has 2 aromatic rings. The van der Waals surface area contributed by atoms with E-state index in [1.54, 1.807) is 23.1 Å². The van der Waals surface area contributed by atoms with Crippen LogP contribution in [0.2, 0.25) is 0 Å². The van der Waals surface area contributed by atoms with Gasteiger partial charge in [0.15, 0.2) is 0 Å². The van der Waals surface area contributed by atoms with Gasteiger partial charge in [0.25, 0.3) is 5.91 Å². The van der Waals surface area contributed by atoms with Crippen molar-refractivity contribution in [2.24, 2.45) is 0 Å². The molecule has 2 aromatic carbocycles. The Morgan fingerprint density at radius 2 is 1.88 bits per heavy atom. The number of rotatable bonds is 5. The zero-order valence-electron chi connectivity index (χ0n) is 13.6. The summed E-state index contributed by atoms with van der Waals surface area (Å²) in [6, 6.07) is 16.0. The molecule has 1 heterocycles. The first-order valence-electron chi connectivity index (χ1n) is 8.10. The molecule has 0 spiro atoms. The molecule has 0 saturated carbocycles. The molecule has 5 heteroatoms. The molecular weight excluding hydrogens is 304 g/mol. The van der Waals surface area contributed by atoms with Gasteiger partial charge in [-0.1, -0.05) is 30.3 Å². The Bertz CT molecular complexity index is 730. The van der Waals surface area contributed by atoms with Crippen LogP contribution in [0.3, 0.4) is 0 Å². The van der Waals surface area contributed by atoms with Gasteiger partial charge in [-0.15, -0.1) is 0 Å². The second kappa shape index (κ2) is 7.17. The molecule has 0 radical (unpaired) electrons. The number of hydrogen-bond donors (Lipinski definition) is 1. The highest BCUT2D eigenvalue weighted by Gasteiger charge is 2.34. The lowest BCUT2D eigenvalue weighted by molar-refractivity contribution is -0.118. The van der Waals surface area contributed by atoms with Crippen LogP contribution >= 0.6 is 0 Å². The average molecular weight is 324 g/mol. The summed E-state index contributed by atoms with van der Waals surface area (Å²) in [5, 5.41) is 2.83. The highest BCUT2D eigenvalue weighted by molar-refractivity contribution is 6.04. The third kappa shape index (κ3) is 3.25. The molecule has 1 atom stereocenters. The number of nitrogens with zero attached hydrogens (tertiary/aromatic N) is 1. The van der Waals surface area contributed by atoms with Crippen LogP contribution in [0.1, 0.15) is 23.7 Å². The average Bonchev–Trinajstić information content (AvgIpc) is 2.97. The third-order valence-corrected chi connectivity index (χ3v) is 4.01. The smallest absolute Gasteiger partial charge is 0.255 e. The fourth-order valence-electron chi connectivity index (χ4n) is 2.85. The second-order valence-corrected chi connectivity index (χ2v) is 5.57. The molecule has 0 aromatic heterocycles. The van der Waals surface area contributed by atoms with E-state index in [0.717, 1.165) is 5.69 Å². The fourth-order valence-corrected chi connectivity index (χ4v) is 2.85. The van der Waals surface area contributed by atoms with Gasteiger partial charge in [0.1, 0.15) is 11.8 Å². The standard InChI is InChI=1S/C19H20N2O3/c1-2-24-17-11-7-6-10-15(17)18(22)20-16-12-13-21(19(16)23)14-8-4-3-5-9-14/h3-11,16H,2,12-13H2,1H3,(H,20,22)/t16-/m0/s1. The molecule has 24 heavy (non-hydrogen) atoms. The summed E-state index contributed by atoms with van der Waals surface area (Å²) in [7, 11) is 0. The van der Waals surface area contributed by atoms with Crippen molar-refractivity contribution < 1.29 is 14.3 Å². The third-order valence-electron chi connectivity index (χ3n) is 4.01. The van der Waals surface area contributed by atoms with E-state index in [1.165, 1.54) is 0 Å². The number of carbonyl (C=O) groups is 2. The Morgan fingerprint density at radius 3 is 2.62 bits per heavy atom. The lowest BCUT2D eigenvalue weighted by Gasteiger charge is -2.17. The Labute approximate surface area is 141 Å². The van der Waals surface area contributed by atoms with Crippen LogP contribution in [0.5, 0.6) is 5.75 Å². The van der Waals surface area contributed by atoms with Gasteiger partial charge in [0.2, 0.25) is 5.91 Å². The number of nitrogens with one attached hydrogen (secondary N) is 1. The normalized spacial score (nSPS) is 17.0. The van der Waals surface area contributed by atoms with Crippen molar-refractivity contribution in [1.82, 2.24) is 5.32 Å². The van der Waals surface area contributed by atoms with Gasteiger partial charge in [0.05, 0.1) is 12.2 Å². The Kier molecular flexibility index (Phi) is 4.79. The quantitative estimate of drug-likeness (QED) is 0.920. The van der Waals surface area contributed by atoms with Crippen LogP contribution in [-0.2, 0) is 4.79 Å². The highest BCUT2D eigenvalue weighted by Crippen LogP contribution is 2.22. The van der Waals surface area contributed by atoms with Gasteiger partial charge >= 0.3 is 0 Å². The van der Waals surface area contributed by atoms with Crippen LogP contribution in [0.15, 0.2) is 54.6 Å². The van der Waals surface area contributed by atoms with Crippen molar-refractivity contribution in [3.05, 3.63) is 60.2 Å². The van der Waals surface area contributed by atoms with Crippen molar-refractivity contribution >= 4 is 17.5 Å². The SMILES string of the molecule is CCOc1ccccc1C(=O)N[C@H]1CCN(c2ccccc2)C1=O. The van der Waals surface area contributed by atoms with E-state index < -0.39 is 6.04 Å². The summed E-state index contributed by atoms with van der Waals surface area (Å²) in [6.45, 7) is 2.95. The maximum absolute atomic E-state index is 12.6. The number of benzene rings is 2. The molecule has 1 aliphatic heterocycles. The van der Waals surface area contributed by atoms with Crippen molar-refractivity contribution in [3.8, 4) is 5.75 Å². The number of carbonyl (C=O) groups excluding carboxylic acids is 2. The van der Waals surface area contributed by atoms with Crippen LogP contribution in [-0.4, -0.2) is 31.0 Å². The number of ether oxygens (including phenoxy) is 1. The predicted molar refractivity (Wildman–Crippen MR) is 92.3 cm³/mol. The summed E-state index contributed by atoms with van der Waals surface area (Å²) >= 11 is 0. The Balaban J connectivity index is 1.71. The van der Waals surface area contributed by atoms with Crippen molar-refractivity contribution in [1.29, 1.82) is 0 Å². The Hall–Kier alpha value is -2.82. The van der Waals surface area contributed by atoms with Crippen LogP contribution in [0, 0.1) is 0 Å². The second-order valence-electron chi connectivity index (χ2n) is 5.57. The van der Waals surface area contributed by atoms with E-state index in [9.17, 15) is 9.59 Å². The highest BCUT2D eigenvalue weighted by atomic mass is 16.5. The lowest BCUT2D eigenvalue weighted by Crippen LogP contribution is -2.41. The summed E-state index contributed by atoms with van der Waals surface area (Å²) in [5.41, 5.74) is 1.30. The van der Waals surface area contributed by atoms with Gasteiger partial charge in [-0.2, -0.15) is 0 Å². The maximum atomic E-state index is 12.6. The number of hydrogen-bond acceptors (Lipinski definition) is 3. The maximum Gasteiger partial charge on any atom is 0.255 e. The molecule has 1 N–H and O–H groups in total. The molecule has 0 aliphatic carbocycles. The van der Waals surface area contributed by atoms with E-state index >= 15 is 0 Å². The summed E-state index contributed by atoms with van der Waals surface area (Å²) in [4.78, 5) is 26.8. The molecular formula is C19H20N2O3. The van der Waals surface area contributed by atoms with Crippen molar-refractivity contribution in [2.75, 3.05) is 18.1 Å². The minimum Gasteiger partial charge on any atom is -0.493 e. The fraction of sp³-hybridized carbons (Fsp3) is 0.263. The van der Waals surface area contributed by atoms with E-state index in [1.807, 2.05) is 43.3 Å². The predicted octanol–water partition coefficient (Wildman–Crippen LogP) is 2.62. The van der Waals surface area contributed by atoms with E-state index in [4.69, 9.17) is 4.74 Å². The molecule has 5 nitrogen and oxygen atoms in total. The van der Waals surface area contributed by atoms with Gasteiger partial charge in [-0.05, 0) is 37.6 Å². The van der Waals surface area contributed by atoms with E-state index in [0.29, 0.717) is 30.9 Å². The van der Waals surface area contributed by atoms with E-state index in [2.05, 4.69) is 5.32 Å².